The maximum Gasteiger partial charge on any atom is 0.332 e. The van der Waals surface area contributed by atoms with Crippen molar-refractivity contribution in [2.45, 2.75) is 26.4 Å². The van der Waals surface area contributed by atoms with E-state index < -0.39 is 12.1 Å². The first-order chi connectivity index (χ1) is 4.18. The van der Waals surface area contributed by atoms with E-state index in [-0.39, 0.29) is 0 Å². The lowest BCUT2D eigenvalue weighted by Crippen LogP contribution is -2.19. The zero-order valence-electron chi connectivity index (χ0n) is 5.76. The Bertz CT molecular complexity index is 90.3. The van der Waals surface area contributed by atoms with Crippen LogP contribution < -0.4 is 0 Å². The fourth-order valence-corrected chi connectivity index (χ4v) is 0.366. The smallest absolute Gasteiger partial charge is 0.332 e. The highest BCUT2D eigenvalue weighted by atomic mass is 16.5. The Balaban J connectivity index is 3.27. The lowest BCUT2D eigenvalue weighted by molar-refractivity contribution is -0.149. The van der Waals surface area contributed by atoms with Crippen molar-refractivity contribution in [2.24, 2.45) is 0 Å². The van der Waals surface area contributed by atoms with Crippen LogP contribution >= 0.6 is 0 Å². The van der Waals surface area contributed by atoms with Crippen molar-refractivity contribution in [1.29, 1.82) is 0 Å². The van der Waals surface area contributed by atoms with E-state index in [4.69, 9.17) is 9.84 Å². The number of hydrogen-bond donors (Lipinski definition) is 1. The first kappa shape index (κ1) is 8.43. The van der Waals surface area contributed by atoms with Gasteiger partial charge in [0.1, 0.15) is 0 Å². The van der Waals surface area contributed by atoms with E-state index in [0.29, 0.717) is 6.61 Å². The largest absolute Gasteiger partial charge is 0.479 e. The molecule has 0 fully saturated rings. The highest BCUT2D eigenvalue weighted by molar-refractivity contribution is 5.71. The van der Waals surface area contributed by atoms with Crippen LogP contribution in [0.4, 0.5) is 0 Å². The second-order valence-corrected chi connectivity index (χ2v) is 1.85. The molecule has 1 N–H and O–H groups in total. The number of ether oxygens (including phenoxy) is 1. The number of carboxylic acid groups (broad SMARTS) is 1. The van der Waals surface area contributed by atoms with Gasteiger partial charge in [0.15, 0.2) is 6.10 Å². The molecule has 1 atom stereocenters. The monoisotopic (exact) mass is 132 g/mol. The van der Waals surface area contributed by atoms with Crippen molar-refractivity contribution in [2.75, 3.05) is 6.61 Å². The topological polar surface area (TPSA) is 46.5 Å². The number of rotatable bonds is 4. The van der Waals surface area contributed by atoms with Gasteiger partial charge in [-0.1, -0.05) is 6.92 Å². The lowest BCUT2D eigenvalue weighted by Gasteiger charge is -2.05. The molecule has 0 aromatic carbocycles. The molecule has 9 heavy (non-hydrogen) atoms. The molecule has 0 bridgehead atoms. The standard InChI is InChI=1S/C6H12O3/c1-3-4-9-5(2)6(7)8/h5H,3-4H2,1-2H3,(H,7,8)/t5-/m1/s1. The van der Waals surface area contributed by atoms with Crippen LogP contribution in [0.2, 0.25) is 0 Å². The van der Waals surface area contributed by atoms with E-state index in [9.17, 15) is 4.79 Å². The Morgan fingerprint density at radius 3 is 2.67 bits per heavy atom. The molecule has 3 nitrogen and oxygen atoms in total. The predicted molar refractivity (Wildman–Crippen MR) is 33.3 cm³/mol. The van der Waals surface area contributed by atoms with Gasteiger partial charge in [-0.25, -0.2) is 4.79 Å². The third-order valence-electron chi connectivity index (χ3n) is 0.920. The van der Waals surface area contributed by atoms with Crippen LogP contribution in [0.3, 0.4) is 0 Å². The van der Waals surface area contributed by atoms with Gasteiger partial charge >= 0.3 is 5.97 Å². The number of carbonyl (C=O) groups is 1. The van der Waals surface area contributed by atoms with Crippen molar-refractivity contribution in [3.8, 4) is 0 Å². The van der Waals surface area contributed by atoms with Crippen LogP contribution in [0.5, 0.6) is 0 Å². The van der Waals surface area contributed by atoms with Gasteiger partial charge in [-0.15, -0.1) is 0 Å². The fourth-order valence-electron chi connectivity index (χ4n) is 0.366. The van der Waals surface area contributed by atoms with Crippen molar-refractivity contribution < 1.29 is 14.6 Å². The molecule has 0 spiro atoms. The Hall–Kier alpha value is -0.570. The summed E-state index contributed by atoms with van der Waals surface area (Å²) in [6.45, 7) is 3.99. The minimum Gasteiger partial charge on any atom is -0.479 e. The van der Waals surface area contributed by atoms with E-state index in [0.717, 1.165) is 6.42 Å². The molecular weight excluding hydrogens is 120 g/mol. The number of carboxylic acids is 1. The maximum absolute atomic E-state index is 10.1. The highest BCUT2D eigenvalue weighted by Crippen LogP contribution is 1.90. The van der Waals surface area contributed by atoms with E-state index in [1.54, 1.807) is 0 Å². The van der Waals surface area contributed by atoms with E-state index >= 15 is 0 Å². The predicted octanol–water partition coefficient (Wildman–Crippen LogP) is 0.886. The molecule has 0 rings (SSSR count). The van der Waals surface area contributed by atoms with Gasteiger partial charge in [-0.2, -0.15) is 0 Å². The average Bonchev–Trinajstić information content (AvgIpc) is 1.82. The third kappa shape index (κ3) is 3.97. The zero-order valence-corrected chi connectivity index (χ0v) is 5.76. The summed E-state index contributed by atoms with van der Waals surface area (Å²) in [4.78, 5) is 10.1. The SMILES string of the molecule is CCCO[C@H](C)C(=O)O. The summed E-state index contributed by atoms with van der Waals surface area (Å²) in [6.07, 6.45) is 0.197. The van der Waals surface area contributed by atoms with Crippen LogP contribution in [0, 0.1) is 0 Å². The molecule has 0 aliphatic heterocycles. The summed E-state index contributed by atoms with van der Waals surface area (Å²) >= 11 is 0. The fraction of sp³-hybridized carbons (Fsp3) is 0.833. The van der Waals surface area contributed by atoms with Gasteiger partial charge < -0.3 is 9.84 Å². The van der Waals surface area contributed by atoms with E-state index in [1.165, 1.54) is 6.92 Å². The molecule has 0 aliphatic rings. The summed E-state index contributed by atoms with van der Waals surface area (Å²) in [6, 6.07) is 0. The van der Waals surface area contributed by atoms with Crippen molar-refractivity contribution >= 4 is 5.97 Å². The number of aliphatic carboxylic acids is 1. The first-order valence-electron chi connectivity index (χ1n) is 3.03. The van der Waals surface area contributed by atoms with E-state index in [2.05, 4.69) is 0 Å². The molecule has 0 saturated heterocycles. The summed E-state index contributed by atoms with van der Waals surface area (Å²) in [7, 11) is 0. The van der Waals surface area contributed by atoms with Gasteiger partial charge in [0.25, 0.3) is 0 Å². The summed E-state index contributed by atoms with van der Waals surface area (Å²) in [5, 5.41) is 8.28. The molecule has 0 saturated carbocycles. The van der Waals surface area contributed by atoms with Crippen molar-refractivity contribution in [1.82, 2.24) is 0 Å². The Labute approximate surface area is 54.6 Å². The third-order valence-corrected chi connectivity index (χ3v) is 0.920. The molecule has 0 unspecified atom stereocenters. The summed E-state index contributed by atoms with van der Waals surface area (Å²) in [5.74, 6) is -0.900. The van der Waals surface area contributed by atoms with Gasteiger partial charge in [0.2, 0.25) is 0 Å². The average molecular weight is 132 g/mol. The molecule has 0 heterocycles. The van der Waals surface area contributed by atoms with Gasteiger partial charge in [0.05, 0.1) is 0 Å². The molecular formula is C6H12O3. The van der Waals surface area contributed by atoms with Crippen LogP contribution in [0.15, 0.2) is 0 Å². The first-order valence-corrected chi connectivity index (χ1v) is 3.03. The zero-order chi connectivity index (χ0) is 7.28. The van der Waals surface area contributed by atoms with Crippen LogP contribution in [-0.4, -0.2) is 23.8 Å². The Kier molecular flexibility index (Phi) is 4.05. The summed E-state index contributed by atoms with van der Waals surface area (Å²) in [5.41, 5.74) is 0. The molecule has 0 aromatic rings. The lowest BCUT2D eigenvalue weighted by atomic mass is 10.4. The second kappa shape index (κ2) is 4.32. The second-order valence-electron chi connectivity index (χ2n) is 1.85. The molecule has 0 aromatic heterocycles. The molecule has 0 radical (unpaired) electrons. The minimum absolute atomic E-state index is 0.521. The normalized spacial score (nSPS) is 13.1. The minimum atomic E-state index is -0.900. The highest BCUT2D eigenvalue weighted by Gasteiger charge is 2.08. The van der Waals surface area contributed by atoms with Crippen LogP contribution in [0.1, 0.15) is 20.3 Å². The van der Waals surface area contributed by atoms with Crippen molar-refractivity contribution in [3.63, 3.8) is 0 Å². The van der Waals surface area contributed by atoms with Gasteiger partial charge in [-0.05, 0) is 13.3 Å². The van der Waals surface area contributed by atoms with Gasteiger partial charge in [0, 0.05) is 6.61 Å². The van der Waals surface area contributed by atoms with E-state index in [1.807, 2.05) is 6.92 Å². The van der Waals surface area contributed by atoms with Gasteiger partial charge in [-0.3, -0.25) is 0 Å². The maximum atomic E-state index is 10.1. The number of hydrogen-bond acceptors (Lipinski definition) is 2. The van der Waals surface area contributed by atoms with Crippen molar-refractivity contribution in [3.05, 3.63) is 0 Å². The van der Waals surface area contributed by atoms with Crippen LogP contribution in [0.25, 0.3) is 0 Å². The Morgan fingerprint density at radius 1 is 1.78 bits per heavy atom. The molecule has 0 aliphatic carbocycles. The molecule has 3 heteroatoms. The molecule has 54 valence electrons. The Morgan fingerprint density at radius 2 is 2.33 bits per heavy atom. The van der Waals surface area contributed by atoms with Crippen LogP contribution in [-0.2, 0) is 9.53 Å². The quantitative estimate of drug-likeness (QED) is 0.617. The molecule has 0 amide bonds. The summed E-state index contributed by atoms with van der Waals surface area (Å²) < 4.78 is 4.85.